The lowest BCUT2D eigenvalue weighted by Crippen LogP contribution is -2.32. The summed E-state index contributed by atoms with van der Waals surface area (Å²) in [5.41, 5.74) is -0.00736. The standard InChI is InChI=1S/C11H13N5O3/c1-2-7-5-8(14-13-7)12-10(18)6-16-11(19)4-3-9(17)15-16/h3-5H,2,6H2,1H3,(H,15,17)(H2,12,13,14,18). The summed E-state index contributed by atoms with van der Waals surface area (Å²) in [6.45, 7) is 1.68. The molecule has 0 aliphatic carbocycles. The summed E-state index contributed by atoms with van der Waals surface area (Å²) < 4.78 is 0.936. The molecule has 0 unspecified atom stereocenters. The molecule has 3 N–H and O–H groups in total. The van der Waals surface area contributed by atoms with Crippen LogP contribution in [0.5, 0.6) is 0 Å². The molecule has 0 saturated heterocycles. The van der Waals surface area contributed by atoms with Crippen LogP contribution < -0.4 is 16.4 Å². The van der Waals surface area contributed by atoms with Gasteiger partial charge >= 0.3 is 0 Å². The predicted molar refractivity (Wildman–Crippen MR) is 67.9 cm³/mol. The van der Waals surface area contributed by atoms with Crippen molar-refractivity contribution in [3.05, 3.63) is 44.6 Å². The molecule has 0 aliphatic heterocycles. The quantitative estimate of drug-likeness (QED) is 0.687. The number of nitrogens with one attached hydrogen (secondary N) is 3. The zero-order chi connectivity index (χ0) is 13.8. The molecule has 0 aliphatic rings. The maximum atomic E-state index is 11.7. The summed E-state index contributed by atoms with van der Waals surface area (Å²) in [6.07, 6.45) is 0.772. The minimum atomic E-state index is -0.453. The second-order valence-corrected chi connectivity index (χ2v) is 3.91. The van der Waals surface area contributed by atoms with Gasteiger partial charge in [0, 0.05) is 23.9 Å². The first kappa shape index (κ1) is 12.8. The van der Waals surface area contributed by atoms with Crippen molar-refractivity contribution in [2.45, 2.75) is 19.9 Å². The Bertz CT molecular complexity index is 697. The molecule has 8 nitrogen and oxygen atoms in total. The van der Waals surface area contributed by atoms with Crippen LogP contribution in [0.2, 0.25) is 0 Å². The lowest BCUT2D eigenvalue weighted by molar-refractivity contribution is -0.117. The highest BCUT2D eigenvalue weighted by Gasteiger charge is 2.07. The lowest BCUT2D eigenvalue weighted by Gasteiger charge is -2.04. The van der Waals surface area contributed by atoms with Crippen LogP contribution in [-0.4, -0.2) is 25.9 Å². The van der Waals surface area contributed by atoms with Crippen molar-refractivity contribution in [3.63, 3.8) is 0 Å². The molecular weight excluding hydrogens is 250 g/mol. The summed E-state index contributed by atoms with van der Waals surface area (Å²) in [4.78, 5) is 34.2. The summed E-state index contributed by atoms with van der Waals surface area (Å²) in [6, 6.07) is 3.92. The number of carbonyl (C=O) groups excluding carboxylic acids is 1. The Hall–Kier alpha value is -2.64. The van der Waals surface area contributed by atoms with Crippen LogP contribution in [0.4, 0.5) is 5.82 Å². The molecule has 2 rings (SSSR count). The van der Waals surface area contributed by atoms with E-state index >= 15 is 0 Å². The van der Waals surface area contributed by atoms with Crippen molar-refractivity contribution in [2.24, 2.45) is 0 Å². The molecular formula is C11H13N5O3. The summed E-state index contributed by atoms with van der Waals surface area (Å²) >= 11 is 0. The van der Waals surface area contributed by atoms with E-state index in [1.807, 2.05) is 6.92 Å². The molecule has 0 fully saturated rings. The van der Waals surface area contributed by atoms with E-state index in [9.17, 15) is 14.4 Å². The Morgan fingerprint density at radius 1 is 1.42 bits per heavy atom. The topological polar surface area (TPSA) is 113 Å². The number of hydrogen-bond acceptors (Lipinski definition) is 4. The van der Waals surface area contributed by atoms with Crippen LogP contribution in [0.25, 0.3) is 0 Å². The van der Waals surface area contributed by atoms with Crippen LogP contribution in [0, 0.1) is 0 Å². The van der Waals surface area contributed by atoms with Gasteiger partial charge in [-0.15, -0.1) is 0 Å². The van der Waals surface area contributed by atoms with Gasteiger partial charge in [0.1, 0.15) is 6.54 Å². The first-order valence-corrected chi connectivity index (χ1v) is 5.73. The second kappa shape index (κ2) is 5.34. The van der Waals surface area contributed by atoms with E-state index in [2.05, 4.69) is 20.6 Å². The first-order chi connectivity index (χ1) is 9.08. The van der Waals surface area contributed by atoms with E-state index in [0.29, 0.717) is 5.82 Å². The van der Waals surface area contributed by atoms with Gasteiger partial charge in [0.15, 0.2) is 5.82 Å². The molecule has 2 aromatic rings. The highest BCUT2D eigenvalue weighted by Crippen LogP contribution is 2.05. The number of aromatic nitrogens is 4. The number of nitrogens with zero attached hydrogens (tertiary/aromatic N) is 2. The molecule has 8 heteroatoms. The predicted octanol–water partition coefficient (Wildman–Crippen LogP) is -0.539. The highest BCUT2D eigenvalue weighted by atomic mass is 16.2. The van der Waals surface area contributed by atoms with Crippen molar-refractivity contribution in [3.8, 4) is 0 Å². The van der Waals surface area contributed by atoms with Crippen molar-refractivity contribution < 1.29 is 4.79 Å². The summed E-state index contributed by atoms with van der Waals surface area (Å²) in [5.74, 6) is -0.0636. The highest BCUT2D eigenvalue weighted by molar-refractivity contribution is 5.89. The van der Waals surface area contributed by atoms with E-state index in [-0.39, 0.29) is 6.54 Å². The number of rotatable bonds is 4. The largest absolute Gasteiger partial charge is 0.308 e. The van der Waals surface area contributed by atoms with Crippen LogP contribution in [-0.2, 0) is 17.8 Å². The van der Waals surface area contributed by atoms with Gasteiger partial charge in [-0.2, -0.15) is 5.10 Å². The van der Waals surface area contributed by atoms with Crippen LogP contribution in [0.3, 0.4) is 0 Å². The third-order valence-electron chi connectivity index (χ3n) is 2.47. The number of amides is 1. The van der Waals surface area contributed by atoms with E-state index in [1.165, 1.54) is 0 Å². The van der Waals surface area contributed by atoms with Crippen molar-refractivity contribution in [1.82, 2.24) is 20.0 Å². The number of carbonyl (C=O) groups is 1. The van der Waals surface area contributed by atoms with Gasteiger partial charge in [-0.1, -0.05) is 6.92 Å². The van der Waals surface area contributed by atoms with Gasteiger partial charge in [-0.05, 0) is 6.42 Å². The molecule has 19 heavy (non-hydrogen) atoms. The molecule has 0 radical (unpaired) electrons. The monoisotopic (exact) mass is 263 g/mol. The summed E-state index contributed by atoms with van der Waals surface area (Å²) in [7, 11) is 0. The Labute approximate surface area is 107 Å². The SMILES string of the molecule is CCc1cc(NC(=O)Cn2[nH]c(=O)ccc2=O)n[nH]1. The zero-order valence-electron chi connectivity index (χ0n) is 10.3. The number of anilines is 1. The van der Waals surface area contributed by atoms with Crippen LogP contribution >= 0.6 is 0 Å². The maximum absolute atomic E-state index is 11.7. The molecule has 1 amide bonds. The Kier molecular flexibility index (Phi) is 3.60. The number of aromatic amines is 2. The van der Waals surface area contributed by atoms with E-state index in [4.69, 9.17) is 0 Å². The number of aryl methyl sites for hydroxylation is 1. The maximum Gasteiger partial charge on any atom is 0.265 e. The summed E-state index contributed by atoms with van der Waals surface area (Å²) in [5, 5.41) is 11.4. The van der Waals surface area contributed by atoms with Gasteiger partial charge in [0.25, 0.3) is 11.1 Å². The van der Waals surface area contributed by atoms with Crippen LogP contribution in [0.15, 0.2) is 27.8 Å². The molecule has 0 atom stereocenters. The van der Waals surface area contributed by atoms with E-state index in [1.54, 1.807) is 6.07 Å². The molecule has 0 saturated carbocycles. The smallest absolute Gasteiger partial charge is 0.265 e. The average molecular weight is 263 g/mol. The van der Waals surface area contributed by atoms with E-state index in [0.717, 1.165) is 28.9 Å². The second-order valence-electron chi connectivity index (χ2n) is 3.91. The van der Waals surface area contributed by atoms with Gasteiger partial charge in [-0.3, -0.25) is 24.6 Å². The van der Waals surface area contributed by atoms with Crippen molar-refractivity contribution in [2.75, 3.05) is 5.32 Å². The molecule has 0 spiro atoms. The Morgan fingerprint density at radius 3 is 2.89 bits per heavy atom. The first-order valence-electron chi connectivity index (χ1n) is 5.73. The van der Waals surface area contributed by atoms with Gasteiger partial charge in [-0.25, -0.2) is 4.68 Å². The van der Waals surface area contributed by atoms with Crippen LogP contribution in [0.1, 0.15) is 12.6 Å². The molecule has 2 aromatic heterocycles. The number of H-pyrrole nitrogens is 2. The molecule has 0 aromatic carbocycles. The minimum absolute atomic E-state index is 0.275. The molecule has 100 valence electrons. The normalized spacial score (nSPS) is 10.4. The van der Waals surface area contributed by atoms with Crippen molar-refractivity contribution in [1.29, 1.82) is 0 Å². The van der Waals surface area contributed by atoms with Crippen molar-refractivity contribution >= 4 is 11.7 Å². The lowest BCUT2D eigenvalue weighted by atomic mass is 10.3. The fourth-order valence-electron chi connectivity index (χ4n) is 1.51. The third-order valence-corrected chi connectivity index (χ3v) is 2.47. The number of hydrogen-bond donors (Lipinski definition) is 3. The van der Waals surface area contributed by atoms with Gasteiger partial charge in [0.05, 0.1) is 0 Å². The minimum Gasteiger partial charge on any atom is -0.308 e. The molecule has 2 heterocycles. The Morgan fingerprint density at radius 2 is 2.21 bits per heavy atom. The zero-order valence-corrected chi connectivity index (χ0v) is 10.3. The van der Waals surface area contributed by atoms with E-state index < -0.39 is 17.0 Å². The third kappa shape index (κ3) is 3.18. The average Bonchev–Trinajstić information content (AvgIpc) is 2.81. The fourth-order valence-corrected chi connectivity index (χ4v) is 1.51. The van der Waals surface area contributed by atoms with Gasteiger partial charge < -0.3 is 5.32 Å². The van der Waals surface area contributed by atoms with Gasteiger partial charge in [0.2, 0.25) is 5.91 Å². The molecule has 0 bridgehead atoms. The Balaban J connectivity index is 2.07. The fraction of sp³-hybridized carbons (Fsp3) is 0.273.